The molecule has 0 fully saturated rings. The van der Waals surface area contributed by atoms with Gasteiger partial charge < -0.3 is 10.0 Å². The zero-order valence-electron chi connectivity index (χ0n) is 10.7. The molecule has 18 heavy (non-hydrogen) atoms. The van der Waals surface area contributed by atoms with Crippen molar-refractivity contribution in [2.75, 3.05) is 18.0 Å². The van der Waals surface area contributed by atoms with Gasteiger partial charge >= 0.3 is 5.97 Å². The van der Waals surface area contributed by atoms with E-state index in [-0.39, 0.29) is 0 Å². The van der Waals surface area contributed by atoms with Crippen molar-refractivity contribution in [2.24, 2.45) is 0 Å². The fourth-order valence-electron chi connectivity index (χ4n) is 2.41. The molecule has 1 aromatic carbocycles. The van der Waals surface area contributed by atoms with Crippen LogP contribution < -0.4 is 4.90 Å². The van der Waals surface area contributed by atoms with Crippen LogP contribution in [0.1, 0.15) is 31.7 Å². The minimum absolute atomic E-state index is 0.513. The van der Waals surface area contributed by atoms with Gasteiger partial charge in [0.2, 0.25) is 0 Å². The van der Waals surface area contributed by atoms with Gasteiger partial charge in [0, 0.05) is 24.4 Å². The Morgan fingerprint density at radius 3 is 2.89 bits per heavy atom. The van der Waals surface area contributed by atoms with Gasteiger partial charge in [-0.2, -0.15) is 0 Å². The van der Waals surface area contributed by atoms with Crippen LogP contribution in [0.5, 0.6) is 0 Å². The molecule has 1 aliphatic heterocycles. The molecule has 0 aromatic heterocycles. The van der Waals surface area contributed by atoms with Crippen molar-refractivity contribution in [1.82, 2.24) is 0 Å². The van der Waals surface area contributed by atoms with E-state index >= 15 is 0 Å². The minimum Gasteiger partial charge on any atom is -0.478 e. The van der Waals surface area contributed by atoms with Gasteiger partial charge in [-0.3, -0.25) is 0 Å². The number of nitrogens with zero attached hydrogens (tertiary/aromatic N) is 1. The SMILES string of the molecule is CCCN1CCC/C(C(=O)O)=C\c2ccccc21. The number of carboxylic acids is 1. The van der Waals surface area contributed by atoms with Crippen LogP contribution in [0, 0.1) is 0 Å². The zero-order valence-corrected chi connectivity index (χ0v) is 10.7. The lowest BCUT2D eigenvalue weighted by Crippen LogP contribution is -2.27. The van der Waals surface area contributed by atoms with Gasteiger partial charge in [-0.15, -0.1) is 0 Å². The predicted octanol–water partition coefficient (Wildman–Crippen LogP) is 3.16. The van der Waals surface area contributed by atoms with E-state index in [9.17, 15) is 4.79 Å². The number of rotatable bonds is 3. The summed E-state index contributed by atoms with van der Waals surface area (Å²) in [6.07, 6.45) is 4.46. The summed E-state index contributed by atoms with van der Waals surface area (Å²) in [6.45, 7) is 4.11. The van der Waals surface area contributed by atoms with Crippen LogP contribution in [0.15, 0.2) is 29.8 Å². The molecule has 0 unspecified atom stereocenters. The number of fused-ring (bicyclic) bond motifs is 1. The maximum atomic E-state index is 11.2. The summed E-state index contributed by atoms with van der Waals surface area (Å²) in [5, 5.41) is 9.17. The van der Waals surface area contributed by atoms with Crippen molar-refractivity contribution in [1.29, 1.82) is 0 Å². The van der Waals surface area contributed by atoms with E-state index in [1.807, 2.05) is 24.3 Å². The summed E-state index contributed by atoms with van der Waals surface area (Å²) in [5.41, 5.74) is 2.68. The normalized spacial score (nSPS) is 18.3. The van der Waals surface area contributed by atoms with E-state index in [1.54, 1.807) is 0 Å². The van der Waals surface area contributed by atoms with E-state index in [0.717, 1.165) is 37.2 Å². The molecule has 1 aliphatic rings. The second-order valence-corrected chi connectivity index (χ2v) is 4.62. The quantitative estimate of drug-likeness (QED) is 0.889. The van der Waals surface area contributed by atoms with Gasteiger partial charge in [0.1, 0.15) is 0 Å². The molecule has 0 spiro atoms. The summed E-state index contributed by atoms with van der Waals surface area (Å²) < 4.78 is 0. The summed E-state index contributed by atoms with van der Waals surface area (Å²) in [5.74, 6) is -0.797. The number of anilines is 1. The summed E-state index contributed by atoms with van der Waals surface area (Å²) in [7, 11) is 0. The highest BCUT2D eigenvalue weighted by atomic mass is 16.4. The molecular formula is C15H19NO2. The Hall–Kier alpha value is -1.77. The van der Waals surface area contributed by atoms with Crippen molar-refractivity contribution in [3.63, 3.8) is 0 Å². The first-order valence-electron chi connectivity index (χ1n) is 6.50. The minimum atomic E-state index is -0.797. The fraction of sp³-hybridized carbons (Fsp3) is 0.400. The van der Waals surface area contributed by atoms with Crippen LogP contribution in [0.4, 0.5) is 5.69 Å². The predicted molar refractivity (Wildman–Crippen MR) is 73.8 cm³/mol. The van der Waals surface area contributed by atoms with Gasteiger partial charge in [0.15, 0.2) is 0 Å². The van der Waals surface area contributed by atoms with Crippen LogP contribution in [-0.4, -0.2) is 24.2 Å². The van der Waals surface area contributed by atoms with Crippen molar-refractivity contribution in [2.45, 2.75) is 26.2 Å². The molecule has 2 rings (SSSR count). The molecule has 0 aliphatic carbocycles. The lowest BCUT2D eigenvalue weighted by atomic mass is 10.0. The molecule has 3 nitrogen and oxygen atoms in total. The second-order valence-electron chi connectivity index (χ2n) is 4.62. The molecule has 0 atom stereocenters. The van der Waals surface area contributed by atoms with E-state index in [2.05, 4.69) is 17.9 Å². The number of carbonyl (C=O) groups is 1. The molecule has 0 saturated heterocycles. The summed E-state index contributed by atoms with van der Waals surface area (Å²) in [6, 6.07) is 8.04. The second kappa shape index (κ2) is 5.71. The van der Waals surface area contributed by atoms with Crippen molar-refractivity contribution < 1.29 is 9.90 Å². The number of carboxylic acid groups (broad SMARTS) is 1. The van der Waals surface area contributed by atoms with Crippen LogP contribution >= 0.6 is 0 Å². The average Bonchev–Trinajstić information content (AvgIpc) is 2.34. The van der Waals surface area contributed by atoms with E-state index < -0.39 is 5.97 Å². The number of hydrogen-bond donors (Lipinski definition) is 1. The summed E-state index contributed by atoms with van der Waals surface area (Å²) >= 11 is 0. The largest absolute Gasteiger partial charge is 0.478 e. The van der Waals surface area contributed by atoms with Crippen LogP contribution in [0.25, 0.3) is 6.08 Å². The lowest BCUT2D eigenvalue weighted by Gasteiger charge is -2.28. The number of benzene rings is 1. The van der Waals surface area contributed by atoms with Gasteiger partial charge in [0.25, 0.3) is 0 Å². The lowest BCUT2D eigenvalue weighted by molar-refractivity contribution is -0.132. The Morgan fingerprint density at radius 1 is 1.39 bits per heavy atom. The highest BCUT2D eigenvalue weighted by molar-refractivity contribution is 5.93. The summed E-state index contributed by atoms with van der Waals surface area (Å²) in [4.78, 5) is 13.5. The van der Waals surface area contributed by atoms with Crippen LogP contribution in [-0.2, 0) is 4.79 Å². The Kier molecular flexibility index (Phi) is 4.03. The molecule has 0 amide bonds. The molecule has 1 N–H and O–H groups in total. The van der Waals surface area contributed by atoms with E-state index in [0.29, 0.717) is 12.0 Å². The van der Waals surface area contributed by atoms with Gasteiger partial charge in [-0.25, -0.2) is 4.79 Å². The average molecular weight is 245 g/mol. The van der Waals surface area contributed by atoms with E-state index in [1.165, 1.54) is 0 Å². The standard InChI is InChI=1S/C15H19NO2/c1-2-9-16-10-5-7-13(15(17)18)11-12-6-3-4-8-14(12)16/h3-4,6,8,11H,2,5,7,9-10H2,1H3,(H,17,18)/b13-11+. The Bertz CT molecular complexity index is 465. The van der Waals surface area contributed by atoms with Gasteiger partial charge in [-0.1, -0.05) is 25.1 Å². The smallest absolute Gasteiger partial charge is 0.331 e. The topological polar surface area (TPSA) is 40.5 Å². The van der Waals surface area contributed by atoms with Gasteiger partial charge in [-0.05, 0) is 37.0 Å². The third-order valence-electron chi connectivity index (χ3n) is 3.25. The molecular weight excluding hydrogens is 226 g/mol. The first-order valence-corrected chi connectivity index (χ1v) is 6.50. The van der Waals surface area contributed by atoms with Crippen LogP contribution in [0.3, 0.4) is 0 Å². The molecule has 3 heteroatoms. The molecule has 1 heterocycles. The first kappa shape index (κ1) is 12.7. The maximum absolute atomic E-state index is 11.2. The van der Waals surface area contributed by atoms with Crippen molar-refractivity contribution in [3.05, 3.63) is 35.4 Å². The monoisotopic (exact) mass is 245 g/mol. The highest BCUT2D eigenvalue weighted by Crippen LogP contribution is 2.27. The molecule has 0 radical (unpaired) electrons. The first-order chi connectivity index (χ1) is 8.72. The maximum Gasteiger partial charge on any atom is 0.331 e. The third kappa shape index (κ3) is 2.73. The van der Waals surface area contributed by atoms with Gasteiger partial charge in [0.05, 0.1) is 0 Å². The molecule has 1 aromatic rings. The zero-order chi connectivity index (χ0) is 13.0. The van der Waals surface area contributed by atoms with Crippen molar-refractivity contribution >= 4 is 17.7 Å². The Balaban J connectivity index is 2.42. The molecule has 0 saturated carbocycles. The Labute approximate surface area is 108 Å². The third-order valence-corrected chi connectivity index (χ3v) is 3.25. The molecule has 0 bridgehead atoms. The Morgan fingerprint density at radius 2 is 2.17 bits per heavy atom. The van der Waals surface area contributed by atoms with E-state index in [4.69, 9.17) is 5.11 Å². The molecule has 96 valence electrons. The van der Waals surface area contributed by atoms with Crippen molar-refractivity contribution in [3.8, 4) is 0 Å². The number of aliphatic carboxylic acids is 1. The fourth-order valence-corrected chi connectivity index (χ4v) is 2.41. The van der Waals surface area contributed by atoms with Crippen LogP contribution in [0.2, 0.25) is 0 Å². The number of para-hydroxylation sites is 1. The highest BCUT2D eigenvalue weighted by Gasteiger charge is 2.16. The number of hydrogen-bond acceptors (Lipinski definition) is 2.